The topological polar surface area (TPSA) is 509 Å². The highest BCUT2D eigenvalue weighted by Crippen LogP contribution is 2.19. The molecule has 1 heterocycles. The predicted octanol–water partition coefficient (Wildman–Crippen LogP) is -8.80. The average Bonchev–Trinajstić information content (AvgIpc) is 3.76. The molecule has 1 fully saturated rings. The fraction of sp³-hybridized carbons (Fsp3) is 0.667. The minimum absolute atomic E-state index is 0.00106. The van der Waals surface area contributed by atoms with Crippen LogP contribution in [0, 0.1) is 5.92 Å². The first kappa shape index (κ1) is 59.6. The number of aliphatic hydroxyl groups excluding tert-OH is 1. The van der Waals surface area contributed by atoms with Gasteiger partial charge in [0, 0.05) is 19.6 Å². The van der Waals surface area contributed by atoms with Crippen molar-refractivity contribution in [1.29, 1.82) is 0 Å². The predicted molar refractivity (Wildman–Crippen MR) is 245 cm³/mol. The molecule has 0 unspecified atom stereocenters. The summed E-state index contributed by atoms with van der Waals surface area (Å²) in [5, 5.41) is 37.8. The molecule has 0 saturated carbocycles. The number of primary amides is 1. The number of rotatable bonds is 30. The van der Waals surface area contributed by atoms with Gasteiger partial charge in [-0.2, -0.15) is 0 Å². The largest absolute Gasteiger partial charge is 0.480 e. The molecule has 0 spiro atoms. The van der Waals surface area contributed by atoms with Crippen molar-refractivity contribution in [2.45, 2.75) is 121 Å². The molecule has 30 nitrogen and oxygen atoms in total. The molecule has 8 atom stereocenters. The Morgan fingerprint density at radius 2 is 1.16 bits per heavy atom. The van der Waals surface area contributed by atoms with Gasteiger partial charge in [-0.15, -0.1) is 0 Å². The second kappa shape index (κ2) is 30.1. The van der Waals surface area contributed by atoms with Crippen LogP contribution in [0.1, 0.15) is 72.6 Å². The first-order valence-corrected chi connectivity index (χ1v) is 21.9. The van der Waals surface area contributed by atoms with Gasteiger partial charge in [0.1, 0.15) is 42.3 Å². The number of carbonyl (C=O) groups excluding carboxylic acids is 10. The van der Waals surface area contributed by atoms with E-state index in [9.17, 15) is 63.0 Å². The molecule has 1 aliphatic heterocycles. The van der Waals surface area contributed by atoms with Gasteiger partial charge < -0.3 is 92.0 Å². The Labute approximate surface area is 397 Å². The lowest BCUT2D eigenvalue weighted by molar-refractivity contribution is -0.145. The van der Waals surface area contributed by atoms with Gasteiger partial charge in [0.25, 0.3) is 0 Å². The first-order valence-electron chi connectivity index (χ1n) is 21.9. The lowest BCUT2D eigenvalue weighted by Gasteiger charge is -2.29. The van der Waals surface area contributed by atoms with Crippen LogP contribution in [0.2, 0.25) is 0 Å². The fourth-order valence-electron chi connectivity index (χ4n) is 6.44. The van der Waals surface area contributed by atoms with Gasteiger partial charge >= 0.3 is 5.97 Å². The van der Waals surface area contributed by atoms with E-state index in [0.29, 0.717) is 6.42 Å². The average molecular weight is 984 g/mol. The van der Waals surface area contributed by atoms with E-state index in [-0.39, 0.29) is 63.7 Å². The van der Waals surface area contributed by atoms with Crippen LogP contribution in [-0.4, -0.2) is 180 Å². The standard InChI is InChI=1S/C39H69N17O13/c1-18(2)30(55-28(61)16-48-26(59)15-49-34(65)29(41)20(4)57)35(66)50-17-27(60)52-23(14-25(40)58)32(63)53-21(8-5-11-46-38(42)43)31(62)51-19(3)36(67)56-13-7-10-24(56)33(64)54-22(37(68)69)9-6-12-47-39(44)45/h18-24,29-30,57H,5-17,41H2,1-4H3,(H2,40,58)(H,48,59)(H,49,65)(H,50,66)(H,51,62)(H,52,60)(H,53,63)(H,54,64)(H,55,61)(H,68,69)(H4,42,43,46)(H4,44,45,47)/t19-,20+,21-,22-,23-,24-,29-,30-/m0/s1. The third-order valence-corrected chi connectivity index (χ3v) is 10.1. The number of amides is 10. The van der Waals surface area contributed by atoms with Gasteiger partial charge in [0.05, 0.1) is 32.2 Å². The molecular weight excluding hydrogens is 915 g/mol. The van der Waals surface area contributed by atoms with E-state index in [1.54, 1.807) is 13.8 Å². The lowest BCUT2D eigenvalue weighted by Crippen LogP contribution is -2.59. The van der Waals surface area contributed by atoms with Crippen LogP contribution in [0.3, 0.4) is 0 Å². The number of carbonyl (C=O) groups is 11. The van der Waals surface area contributed by atoms with E-state index in [2.05, 4.69) is 52.5 Å². The summed E-state index contributed by atoms with van der Waals surface area (Å²) in [5.74, 6) is -11.0. The zero-order valence-electron chi connectivity index (χ0n) is 39.1. The van der Waals surface area contributed by atoms with Gasteiger partial charge in [-0.05, 0) is 58.3 Å². The number of hydrogen-bond donors (Lipinski definition) is 16. The van der Waals surface area contributed by atoms with Gasteiger partial charge in [-0.1, -0.05) is 13.8 Å². The summed E-state index contributed by atoms with van der Waals surface area (Å²) in [7, 11) is 0. The maximum absolute atomic E-state index is 13.7. The minimum Gasteiger partial charge on any atom is -0.480 e. The second-order valence-corrected chi connectivity index (χ2v) is 16.3. The molecule has 22 N–H and O–H groups in total. The van der Waals surface area contributed by atoms with Crippen LogP contribution in [0.5, 0.6) is 0 Å². The summed E-state index contributed by atoms with van der Waals surface area (Å²) >= 11 is 0. The smallest absolute Gasteiger partial charge is 0.326 e. The van der Waals surface area contributed by atoms with Crippen molar-refractivity contribution in [2.24, 2.45) is 50.3 Å². The number of aliphatic imine (C=N–C) groups is 2. The van der Waals surface area contributed by atoms with Crippen LogP contribution < -0.4 is 76.9 Å². The summed E-state index contributed by atoms with van der Waals surface area (Å²) in [4.78, 5) is 150. The number of hydrogen-bond acceptors (Lipinski definition) is 15. The van der Waals surface area contributed by atoms with Gasteiger partial charge in [-0.3, -0.25) is 57.9 Å². The second-order valence-electron chi connectivity index (χ2n) is 16.3. The van der Waals surface area contributed by atoms with Crippen molar-refractivity contribution in [3.63, 3.8) is 0 Å². The Kier molecular flexibility index (Phi) is 26.0. The molecule has 1 aliphatic rings. The highest BCUT2D eigenvalue weighted by Gasteiger charge is 2.38. The monoisotopic (exact) mass is 984 g/mol. The Morgan fingerprint density at radius 1 is 0.638 bits per heavy atom. The summed E-state index contributed by atoms with van der Waals surface area (Å²) in [6.45, 7) is 4.03. The number of aliphatic carboxylic acids is 1. The number of guanidine groups is 2. The first-order chi connectivity index (χ1) is 32.2. The number of carboxylic acids is 1. The molecule has 0 aromatic rings. The number of likely N-dealkylation sites (tertiary alicyclic amines) is 1. The van der Waals surface area contributed by atoms with E-state index >= 15 is 0 Å². The number of carboxylic acid groups (broad SMARTS) is 1. The third-order valence-electron chi connectivity index (χ3n) is 10.1. The number of nitrogens with zero attached hydrogens (tertiary/aromatic N) is 3. The molecule has 10 amide bonds. The van der Waals surface area contributed by atoms with Crippen molar-refractivity contribution < 1.29 is 63.0 Å². The Bertz CT molecular complexity index is 1910. The van der Waals surface area contributed by atoms with E-state index < -0.39 is 145 Å². The fourth-order valence-corrected chi connectivity index (χ4v) is 6.44. The van der Waals surface area contributed by atoms with Crippen LogP contribution in [0.15, 0.2) is 9.98 Å². The van der Waals surface area contributed by atoms with Crippen LogP contribution in [0.25, 0.3) is 0 Å². The Morgan fingerprint density at radius 3 is 1.70 bits per heavy atom. The van der Waals surface area contributed by atoms with Crippen LogP contribution in [-0.2, 0) is 52.7 Å². The number of nitrogens with one attached hydrogen (secondary N) is 8. The Balaban J connectivity index is 3.02. The number of aliphatic hydroxyl groups is 1. The van der Waals surface area contributed by atoms with E-state index in [0.717, 1.165) is 0 Å². The van der Waals surface area contributed by atoms with E-state index in [1.165, 1.54) is 18.7 Å². The van der Waals surface area contributed by atoms with Crippen LogP contribution >= 0.6 is 0 Å². The Hall–Kier alpha value is -7.37. The normalized spacial score (nSPS) is 16.0. The molecule has 69 heavy (non-hydrogen) atoms. The maximum atomic E-state index is 13.7. The zero-order chi connectivity index (χ0) is 52.5. The van der Waals surface area contributed by atoms with Gasteiger partial charge in [-0.25, -0.2) is 4.79 Å². The SMILES string of the molecule is CC(C)[C@H](NC(=O)CNC(=O)CNC(=O)[C@@H](N)[C@@H](C)O)C(=O)NCC(=O)N[C@@H](CC(N)=O)C(=O)N[C@@H](CCCN=C(N)N)C(=O)N[C@@H](C)C(=O)N1CCC[C@H]1C(=O)N[C@@H](CCCN=C(N)N)C(=O)O. The molecule has 0 aromatic heterocycles. The van der Waals surface area contributed by atoms with E-state index in [4.69, 9.17) is 34.4 Å². The molecule has 1 rings (SSSR count). The van der Waals surface area contributed by atoms with E-state index in [1.807, 2.05) is 0 Å². The third kappa shape index (κ3) is 22.8. The summed E-state index contributed by atoms with van der Waals surface area (Å²) in [5.41, 5.74) is 32.3. The molecule has 0 radical (unpaired) electrons. The molecule has 1 saturated heterocycles. The molecule has 0 aliphatic carbocycles. The highest BCUT2D eigenvalue weighted by molar-refractivity contribution is 5.98. The summed E-state index contributed by atoms with van der Waals surface area (Å²) in [6, 6.07) is -9.32. The highest BCUT2D eigenvalue weighted by atomic mass is 16.4. The number of nitrogens with two attached hydrogens (primary N) is 6. The zero-order valence-corrected chi connectivity index (χ0v) is 39.1. The van der Waals surface area contributed by atoms with Crippen molar-refractivity contribution in [3.05, 3.63) is 0 Å². The van der Waals surface area contributed by atoms with Crippen molar-refractivity contribution in [1.82, 2.24) is 47.4 Å². The van der Waals surface area contributed by atoms with Crippen molar-refractivity contribution in [3.8, 4) is 0 Å². The van der Waals surface area contributed by atoms with Gasteiger partial charge in [0.2, 0.25) is 59.1 Å². The molecular formula is C39H69N17O13. The molecule has 388 valence electrons. The van der Waals surface area contributed by atoms with Crippen molar-refractivity contribution in [2.75, 3.05) is 39.3 Å². The molecule has 0 aromatic carbocycles. The van der Waals surface area contributed by atoms with Crippen molar-refractivity contribution >= 4 is 77.0 Å². The van der Waals surface area contributed by atoms with Gasteiger partial charge in [0.15, 0.2) is 11.9 Å². The minimum atomic E-state index is -1.69. The molecule has 0 bridgehead atoms. The summed E-state index contributed by atoms with van der Waals surface area (Å²) in [6.07, 6.45) is -1.19. The quantitative estimate of drug-likeness (QED) is 0.0181. The lowest BCUT2D eigenvalue weighted by atomic mass is 10.0. The van der Waals surface area contributed by atoms with Crippen LogP contribution in [0.4, 0.5) is 0 Å². The summed E-state index contributed by atoms with van der Waals surface area (Å²) < 4.78 is 0. The maximum Gasteiger partial charge on any atom is 0.326 e. The molecule has 30 heteroatoms.